The Kier molecular flexibility index (Phi) is 4.82. The first-order valence-corrected chi connectivity index (χ1v) is 7.98. The van der Waals surface area contributed by atoms with Crippen LogP contribution in [0.15, 0.2) is 60.3 Å². The van der Waals surface area contributed by atoms with E-state index in [4.69, 9.17) is 5.73 Å². The molecule has 25 heavy (non-hydrogen) atoms. The normalized spacial score (nSPS) is 11.2. The van der Waals surface area contributed by atoms with E-state index in [-0.39, 0.29) is 11.5 Å². The van der Waals surface area contributed by atoms with Gasteiger partial charge in [0.25, 0.3) is 5.91 Å². The molecule has 0 unspecified atom stereocenters. The Balaban J connectivity index is 1.72. The third-order valence-electron chi connectivity index (χ3n) is 3.94. The predicted octanol–water partition coefficient (Wildman–Crippen LogP) is 3.02. The van der Waals surface area contributed by atoms with Crippen LogP contribution in [0.25, 0.3) is 17.0 Å². The number of nitrogens with one attached hydrogen (secondary N) is 2. The van der Waals surface area contributed by atoms with Gasteiger partial charge < -0.3 is 16.0 Å². The molecule has 0 bridgehead atoms. The Bertz CT molecular complexity index is 964. The van der Waals surface area contributed by atoms with E-state index in [0.717, 1.165) is 28.5 Å². The van der Waals surface area contributed by atoms with E-state index in [0.29, 0.717) is 12.2 Å². The van der Waals surface area contributed by atoms with Gasteiger partial charge in [-0.15, -0.1) is 0 Å². The van der Waals surface area contributed by atoms with Gasteiger partial charge in [0.05, 0.1) is 0 Å². The number of hydrogen-bond acceptors (Lipinski definition) is 3. The maximum absolute atomic E-state index is 12.3. The topological polar surface area (TPSA) is 94.7 Å². The first-order chi connectivity index (χ1) is 12.2. The lowest BCUT2D eigenvalue weighted by Crippen LogP contribution is -2.26. The standard InChI is InChI=1S/C20H18N4O/c21-12-15(20(25)23-9-8-14-4-2-1-3-5-14)10-16-13-24-19-7-6-17(22)11-18(16)19/h1-7,10-11,13,24H,8-9,22H2,(H,23,25)/b15-10-. The summed E-state index contributed by atoms with van der Waals surface area (Å²) in [6.45, 7) is 0.475. The SMILES string of the molecule is N#C/C(=C/c1c[nH]c2ccc(N)cc12)C(=O)NCCc1ccccc1. The minimum absolute atomic E-state index is 0.0661. The molecule has 3 aromatic rings. The number of hydrogen-bond donors (Lipinski definition) is 3. The number of aromatic nitrogens is 1. The largest absolute Gasteiger partial charge is 0.399 e. The van der Waals surface area contributed by atoms with Crippen molar-refractivity contribution in [2.75, 3.05) is 12.3 Å². The summed E-state index contributed by atoms with van der Waals surface area (Å²) < 4.78 is 0. The number of nitriles is 1. The zero-order valence-corrected chi connectivity index (χ0v) is 13.6. The fraction of sp³-hybridized carbons (Fsp3) is 0.100. The monoisotopic (exact) mass is 330 g/mol. The summed E-state index contributed by atoms with van der Waals surface area (Å²) >= 11 is 0. The number of carbonyl (C=O) groups excluding carboxylic acids is 1. The second-order valence-electron chi connectivity index (χ2n) is 5.71. The van der Waals surface area contributed by atoms with Crippen molar-refractivity contribution in [3.63, 3.8) is 0 Å². The second-order valence-corrected chi connectivity index (χ2v) is 5.71. The highest BCUT2D eigenvalue weighted by molar-refractivity contribution is 6.04. The van der Waals surface area contributed by atoms with Crippen LogP contribution >= 0.6 is 0 Å². The summed E-state index contributed by atoms with van der Waals surface area (Å²) in [5.74, 6) is -0.378. The minimum Gasteiger partial charge on any atom is -0.399 e. The van der Waals surface area contributed by atoms with Crippen molar-refractivity contribution in [2.24, 2.45) is 0 Å². The molecule has 1 aromatic heterocycles. The lowest BCUT2D eigenvalue weighted by Gasteiger charge is -2.04. The van der Waals surface area contributed by atoms with Crippen LogP contribution < -0.4 is 11.1 Å². The molecule has 0 fully saturated rings. The quantitative estimate of drug-likeness (QED) is 0.381. The molecule has 5 nitrogen and oxygen atoms in total. The predicted molar refractivity (Wildman–Crippen MR) is 99.5 cm³/mol. The average Bonchev–Trinajstić information content (AvgIpc) is 3.02. The van der Waals surface area contributed by atoms with Gasteiger partial charge in [-0.05, 0) is 36.3 Å². The van der Waals surface area contributed by atoms with Crippen LogP contribution in [-0.4, -0.2) is 17.4 Å². The van der Waals surface area contributed by atoms with Crippen LogP contribution in [0.4, 0.5) is 5.69 Å². The Morgan fingerprint density at radius 2 is 2.04 bits per heavy atom. The van der Waals surface area contributed by atoms with E-state index >= 15 is 0 Å². The van der Waals surface area contributed by atoms with E-state index in [1.807, 2.05) is 48.5 Å². The third kappa shape index (κ3) is 3.88. The van der Waals surface area contributed by atoms with E-state index in [1.165, 1.54) is 0 Å². The molecule has 0 atom stereocenters. The van der Waals surface area contributed by atoms with Gasteiger partial charge in [-0.1, -0.05) is 30.3 Å². The smallest absolute Gasteiger partial charge is 0.261 e. The maximum Gasteiger partial charge on any atom is 0.261 e. The first-order valence-electron chi connectivity index (χ1n) is 7.98. The molecule has 0 saturated carbocycles. The number of amides is 1. The molecule has 0 aliphatic carbocycles. The molecule has 2 aromatic carbocycles. The summed E-state index contributed by atoms with van der Waals surface area (Å²) in [5.41, 5.74) is 9.32. The number of nitrogens with zero attached hydrogens (tertiary/aromatic N) is 1. The van der Waals surface area contributed by atoms with Gasteiger partial charge in [0.1, 0.15) is 11.6 Å². The molecule has 1 amide bonds. The molecule has 0 saturated heterocycles. The molecule has 4 N–H and O–H groups in total. The van der Waals surface area contributed by atoms with Crippen molar-refractivity contribution >= 4 is 28.6 Å². The highest BCUT2D eigenvalue weighted by Crippen LogP contribution is 2.23. The number of nitrogens with two attached hydrogens (primary N) is 1. The van der Waals surface area contributed by atoms with Gasteiger partial charge in [-0.25, -0.2) is 0 Å². The molecule has 0 radical (unpaired) electrons. The van der Waals surface area contributed by atoms with Crippen molar-refractivity contribution < 1.29 is 4.79 Å². The number of nitrogen functional groups attached to an aromatic ring is 1. The van der Waals surface area contributed by atoms with E-state index in [2.05, 4.69) is 10.3 Å². The van der Waals surface area contributed by atoms with Crippen molar-refractivity contribution in [1.82, 2.24) is 10.3 Å². The minimum atomic E-state index is -0.378. The molecule has 5 heteroatoms. The van der Waals surface area contributed by atoms with Crippen LogP contribution in [0.2, 0.25) is 0 Å². The number of rotatable bonds is 5. The summed E-state index contributed by atoms with van der Waals surface area (Å²) in [5, 5.41) is 13.0. The number of benzene rings is 2. The Morgan fingerprint density at radius 3 is 2.80 bits per heavy atom. The summed E-state index contributed by atoms with van der Waals surface area (Å²) in [6, 6.07) is 17.3. The van der Waals surface area contributed by atoms with Crippen LogP contribution in [0.1, 0.15) is 11.1 Å². The molecule has 0 spiro atoms. The molecule has 3 rings (SSSR count). The summed E-state index contributed by atoms with van der Waals surface area (Å²) in [7, 11) is 0. The van der Waals surface area contributed by atoms with E-state index < -0.39 is 0 Å². The van der Waals surface area contributed by atoms with Gasteiger partial charge in [0.2, 0.25) is 0 Å². The zero-order chi connectivity index (χ0) is 17.6. The van der Waals surface area contributed by atoms with Gasteiger partial charge in [-0.3, -0.25) is 4.79 Å². The van der Waals surface area contributed by atoms with Gasteiger partial charge in [0.15, 0.2) is 0 Å². The summed E-state index contributed by atoms with van der Waals surface area (Å²) in [6.07, 6.45) is 4.06. The molecule has 0 aliphatic heterocycles. The molecular weight excluding hydrogens is 312 g/mol. The van der Waals surface area contributed by atoms with Crippen molar-refractivity contribution in [2.45, 2.75) is 6.42 Å². The highest BCUT2D eigenvalue weighted by Gasteiger charge is 2.10. The Morgan fingerprint density at radius 1 is 1.24 bits per heavy atom. The Hall–Kier alpha value is -3.52. The van der Waals surface area contributed by atoms with E-state index in [9.17, 15) is 10.1 Å². The molecular formula is C20H18N4O. The zero-order valence-electron chi connectivity index (χ0n) is 13.6. The van der Waals surface area contributed by atoms with Gasteiger partial charge >= 0.3 is 0 Å². The van der Waals surface area contributed by atoms with Gasteiger partial charge in [-0.2, -0.15) is 5.26 Å². The lowest BCUT2D eigenvalue weighted by molar-refractivity contribution is -0.117. The van der Waals surface area contributed by atoms with E-state index in [1.54, 1.807) is 18.3 Å². The number of fused-ring (bicyclic) bond motifs is 1. The Labute approximate surface area is 145 Å². The second kappa shape index (κ2) is 7.37. The molecule has 1 heterocycles. The number of aromatic amines is 1. The third-order valence-corrected chi connectivity index (χ3v) is 3.94. The number of H-pyrrole nitrogens is 1. The fourth-order valence-electron chi connectivity index (χ4n) is 2.64. The average molecular weight is 330 g/mol. The highest BCUT2D eigenvalue weighted by atomic mass is 16.1. The maximum atomic E-state index is 12.3. The van der Waals surface area contributed by atoms with Crippen LogP contribution in [0.3, 0.4) is 0 Å². The summed E-state index contributed by atoms with van der Waals surface area (Å²) in [4.78, 5) is 15.4. The molecule has 124 valence electrons. The number of anilines is 1. The lowest BCUT2D eigenvalue weighted by atomic mass is 10.1. The fourth-order valence-corrected chi connectivity index (χ4v) is 2.64. The van der Waals surface area contributed by atoms with Gasteiger partial charge in [0, 0.05) is 34.9 Å². The molecule has 0 aliphatic rings. The van der Waals surface area contributed by atoms with Crippen molar-refractivity contribution in [3.05, 3.63) is 71.4 Å². The van der Waals surface area contributed by atoms with Crippen molar-refractivity contribution in [1.29, 1.82) is 5.26 Å². The van der Waals surface area contributed by atoms with Crippen LogP contribution in [0, 0.1) is 11.3 Å². The van der Waals surface area contributed by atoms with Crippen LogP contribution in [-0.2, 0) is 11.2 Å². The number of carbonyl (C=O) groups is 1. The van der Waals surface area contributed by atoms with Crippen molar-refractivity contribution in [3.8, 4) is 6.07 Å². The first kappa shape index (κ1) is 16.3. The van der Waals surface area contributed by atoms with Crippen LogP contribution in [0.5, 0.6) is 0 Å².